The van der Waals surface area contributed by atoms with E-state index in [4.69, 9.17) is 33.2 Å². The number of fused-ring (bicyclic) bond motifs is 1. The second-order valence-corrected chi connectivity index (χ2v) is 8.81. The van der Waals surface area contributed by atoms with E-state index in [1.165, 1.54) is 14.2 Å². The van der Waals surface area contributed by atoms with E-state index in [2.05, 4.69) is 15.9 Å². The lowest BCUT2D eigenvalue weighted by Crippen LogP contribution is -2.65. The Bertz CT molecular complexity index is 923. The topological polar surface area (TPSA) is 81.7 Å². The Morgan fingerprint density at radius 1 is 1.03 bits per heavy atom. The van der Waals surface area contributed by atoms with E-state index in [0.717, 1.165) is 5.56 Å². The van der Waals surface area contributed by atoms with Gasteiger partial charge in [-0.3, -0.25) is 0 Å². The van der Waals surface area contributed by atoms with Crippen LogP contribution >= 0.6 is 15.9 Å². The highest BCUT2D eigenvalue weighted by molar-refractivity contribution is 9.09. The number of rotatable bonds is 8. The first-order valence-corrected chi connectivity index (χ1v) is 12.2. The van der Waals surface area contributed by atoms with E-state index >= 15 is 0 Å². The molecule has 2 aromatic rings. The van der Waals surface area contributed by atoms with Gasteiger partial charge in [-0.1, -0.05) is 64.5 Å². The molecule has 8 nitrogen and oxygen atoms in total. The van der Waals surface area contributed by atoms with Gasteiger partial charge >= 0.3 is 5.97 Å². The molecule has 9 heteroatoms. The summed E-state index contributed by atoms with van der Waals surface area (Å²) in [7, 11) is 3.05. The summed E-state index contributed by atoms with van der Waals surface area (Å²) in [6.07, 6.45) is -4.39. The zero-order chi connectivity index (χ0) is 24.1. The maximum Gasteiger partial charge on any atom is 0.338 e. The first kappa shape index (κ1) is 25.2. The van der Waals surface area contributed by atoms with E-state index in [0.29, 0.717) is 10.9 Å². The van der Waals surface area contributed by atoms with E-state index in [9.17, 15) is 4.79 Å². The molecule has 2 heterocycles. The quantitative estimate of drug-likeness (QED) is 0.286. The lowest BCUT2D eigenvalue weighted by Gasteiger charge is -2.49. The van der Waals surface area contributed by atoms with Gasteiger partial charge in [-0.25, -0.2) is 4.79 Å². The molecule has 5 unspecified atom stereocenters. The Kier molecular flexibility index (Phi) is 8.36. The molecule has 2 aliphatic heterocycles. The summed E-state index contributed by atoms with van der Waals surface area (Å²) in [5.41, 5.74) is 1.27. The third-order valence-electron chi connectivity index (χ3n) is 5.90. The van der Waals surface area contributed by atoms with Crippen molar-refractivity contribution in [3.05, 3.63) is 71.8 Å². The SMILES string of the molecule is CO[C@H]1OC2COC(c3ccccc3)O[C@H]2C(OC(=O)c2ccccc2)C1OC(C)(CBr)OC. The summed E-state index contributed by atoms with van der Waals surface area (Å²) in [5, 5.41) is 0.369. The number of hydrogen-bond acceptors (Lipinski definition) is 8. The van der Waals surface area contributed by atoms with Crippen molar-refractivity contribution in [2.45, 2.75) is 49.7 Å². The molecule has 0 aliphatic carbocycles. The van der Waals surface area contributed by atoms with E-state index < -0.39 is 48.8 Å². The lowest BCUT2D eigenvalue weighted by atomic mass is 9.96. The van der Waals surface area contributed by atoms with Gasteiger partial charge in [-0.15, -0.1) is 0 Å². The third-order valence-corrected chi connectivity index (χ3v) is 6.92. The Labute approximate surface area is 207 Å². The van der Waals surface area contributed by atoms with Crippen LogP contribution < -0.4 is 0 Å². The highest BCUT2D eigenvalue weighted by Gasteiger charge is 2.54. The molecule has 34 heavy (non-hydrogen) atoms. The van der Waals surface area contributed by atoms with Gasteiger partial charge in [0.2, 0.25) is 0 Å². The Morgan fingerprint density at radius 3 is 2.32 bits per heavy atom. The number of esters is 1. The van der Waals surface area contributed by atoms with Gasteiger partial charge in [-0.05, 0) is 19.1 Å². The molecule has 0 N–H and O–H groups in total. The molecule has 2 fully saturated rings. The standard InChI is InChI=1S/C25H29BrO8/c1-25(15-26,29-3)34-21-20(32-22(27)16-10-6-4-7-11-16)19-18(31-24(21)28-2)14-30-23(33-19)17-12-8-5-9-13-17/h4-13,18-21,23-24H,14-15H2,1-3H3/t18?,19-,20?,21?,23?,24+,25?/m1/s1. The van der Waals surface area contributed by atoms with Gasteiger partial charge < -0.3 is 33.2 Å². The monoisotopic (exact) mass is 536 g/mol. The molecule has 2 saturated heterocycles. The summed E-state index contributed by atoms with van der Waals surface area (Å²) in [6, 6.07) is 18.3. The van der Waals surface area contributed by atoms with Crippen LogP contribution in [0.2, 0.25) is 0 Å². The smallest absolute Gasteiger partial charge is 0.338 e. The van der Waals surface area contributed by atoms with Gasteiger partial charge in [0.25, 0.3) is 0 Å². The summed E-state index contributed by atoms with van der Waals surface area (Å²) < 4.78 is 41.9. The summed E-state index contributed by atoms with van der Waals surface area (Å²) in [6.45, 7) is 2.00. The second kappa shape index (κ2) is 11.3. The van der Waals surface area contributed by atoms with Crippen LogP contribution in [0.15, 0.2) is 60.7 Å². The van der Waals surface area contributed by atoms with Crippen molar-refractivity contribution in [1.29, 1.82) is 0 Å². The van der Waals surface area contributed by atoms with Gasteiger partial charge in [-0.2, -0.15) is 0 Å². The number of alkyl halides is 1. The number of methoxy groups -OCH3 is 2. The highest BCUT2D eigenvalue weighted by atomic mass is 79.9. The van der Waals surface area contributed by atoms with Crippen molar-refractivity contribution in [3.63, 3.8) is 0 Å². The normalized spacial score (nSPS) is 30.7. The van der Waals surface area contributed by atoms with Crippen molar-refractivity contribution in [3.8, 4) is 0 Å². The minimum Gasteiger partial charge on any atom is -0.453 e. The minimum atomic E-state index is -1.03. The number of hydrogen-bond donors (Lipinski definition) is 0. The molecule has 0 aromatic heterocycles. The molecule has 2 aliphatic rings. The highest BCUT2D eigenvalue weighted by Crippen LogP contribution is 2.38. The molecule has 4 rings (SSSR count). The van der Waals surface area contributed by atoms with Gasteiger partial charge in [0.15, 0.2) is 30.6 Å². The zero-order valence-corrected chi connectivity index (χ0v) is 20.9. The first-order valence-electron chi connectivity index (χ1n) is 11.0. The molecule has 0 bridgehead atoms. The number of halogens is 1. The molecular formula is C25H29BrO8. The van der Waals surface area contributed by atoms with E-state index in [-0.39, 0.29) is 6.61 Å². The van der Waals surface area contributed by atoms with Crippen LogP contribution in [-0.4, -0.2) is 68.6 Å². The van der Waals surface area contributed by atoms with Gasteiger partial charge in [0, 0.05) is 19.8 Å². The number of carbonyl (C=O) groups excluding carboxylic acids is 1. The average Bonchev–Trinajstić information content (AvgIpc) is 2.90. The number of carbonyl (C=O) groups is 1. The maximum atomic E-state index is 13.1. The third kappa shape index (κ3) is 5.52. The molecule has 2 aromatic carbocycles. The summed E-state index contributed by atoms with van der Waals surface area (Å²) in [4.78, 5) is 13.1. The van der Waals surface area contributed by atoms with Crippen molar-refractivity contribution in [1.82, 2.24) is 0 Å². The Morgan fingerprint density at radius 2 is 1.71 bits per heavy atom. The fraction of sp³-hybridized carbons (Fsp3) is 0.480. The van der Waals surface area contributed by atoms with E-state index in [1.807, 2.05) is 36.4 Å². The van der Waals surface area contributed by atoms with Crippen molar-refractivity contribution in [2.24, 2.45) is 0 Å². The number of benzene rings is 2. The minimum absolute atomic E-state index is 0.232. The Balaban J connectivity index is 1.66. The lowest BCUT2D eigenvalue weighted by molar-refractivity contribution is -0.381. The maximum absolute atomic E-state index is 13.1. The number of ether oxygens (including phenoxy) is 7. The fourth-order valence-electron chi connectivity index (χ4n) is 3.96. The molecule has 0 saturated carbocycles. The fourth-order valence-corrected chi connectivity index (χ4v) is 4.32. The largest absolute Gasteiger partial charge is 0.453 e. The van der Waals surface area contributed by atoms with Crippen LogP contribution in [0.5, 0.6) is 0 Å². The van der Waals surface area contributed by atoms with Crippen LogP contribution in [-0.2, 0) is 33.2 Å². The van der Waals surface area contributed by atoms with Crippen LogP contribution in [0.3, 0.4) is 0 Å². The van der Waals surface area contributed by atoms with Crippen LogP contribution in [0, 0.1) is 0 Å². The van der Waals surface area contributed by atoms with Crippen molar-refractivity contribution in [2.75, 3.05) is 26.2 Å². The first-order chi connectivity index (χ1) is 16.5. The molecular weight excluding hydrogens is 508 g/mol. The van der Waals surface area contributed by atoms with Crippen LogP contribution in [0.25, 0.3) is 0 Å². The molecule has 184 valence electrons. The molecule has 0 radical (unpaired) electrons. The second-order valence-electron chi connectivity index (χ2n) is 8.25. The molecule has 0 amide bonds. The van der Waals surface area contributed by atoms with E-state index in [1.54, 1.807) is 31.2 Å². The van der Waals surface area contributed by atoms with Gasteiger partial charge in [0.05, 0.1) is 17.5 Å². The molecule has 7 atom stereocenters. The molecule has 0 spiro atoms. The summed E-state index contributed by atoms with van der Waals surface area (Å²) in [5.74, 6) is -1.53. The predicted octanol–water partition coefficient (Wildman–Crippen LogP) is 3.84. The van der Waals surface area contributed by atoms with Crippen molar-refractivity contribution >= 4 is 21.9 Å². The Hall–Kier alpha value is -1.85. The van der Waals surface area contributed by atoms with Gasteiger partial charge in [0.1, 0.15) is 12.2 Å². The van der Waals surface area contributed by atoms with Crippen molar-refractivity contribution < 1.29 is 38.0 Å². The zero-order valence-electron chi connectivity index (χ0n) is 19.3. The summed E-state index contributed by atoms with van der Waals surface area (Å²) >= 11 is 3.43. The van der Waals surface area contributed by atoms with Crippen LogP contribution in [0.4, 0.5) is 0 Å². The van der Waals surface area contributed by atoms with Crippen LogP contribution in [0.1, 0.15) is 29.1 Å². The average molecular weight is 537 g/mol. The predicted molar refractivity (Wildman–Crippen MR) is 125 cm³/mol.